The van der Waals surface area contributed by atoms with E-state index in [0.29, 0.717) is 11.4 Å². The molecule has 114 valence electrons. The van der Waals surface area contributed by atoms with Gasteiger partial charge in [-0.3, -0.25) is 4.68 Å². The van der Waals surface area contributed by atoms with Crippen molar-refractivity contribution >= 4 is 27.5 Å². The largest absolute Gasteiger partial charge is 0.388 e. The lowest BCUT2D eigenvalue weighted by molar-refractivity contribution is 0.174. The molecule has 0 aliphatic rings. The molecule has 1 heterocycles. The van der Waals surface area contributed by atoms with Gasteiger partial charge in [-0.2, -0.15) is 5.10 Å². The Morgan fingerprint density at radius 1 is 1.38 bits per heavy atom. The summed E-state index contributed by atoms with van der Waals surface area (Å²) in [6.07, 6.45) is 0.691. The minimum Gasteiger partial charge on any atom is -0.388 e. The van der Waals surface area contributed by atoms with Gasteiger partial charge in [0.1, 0.15) is 0 Å². The fourth-order valence-corrected chi connectivity index (χ4v) is 3.34. The third-order valence-electron chi connectivity index (χ3n) is 3.67. The molecule has 1 aromatic heterocycles. The molecule has 0 radical (unpaired) electrons. The minimum absolute atomic E-state index is 0.474. The van der Waals surface area contributed by atoms with Gasteiger partial charge in [0.2, 0.25) is 0 Å². The van der Waals surface area contributed by atoms with Crippen LogP contribution in [0.1, 0.15) is 42.5 Å². The van der Waals surface area contributed by atoms with Crippen molar-refractivity contribution in [3.05, 3.63) is 50.2 Å². The van der Waals surface area contributed by atoms with Gasteiger partial charge in [-0.15, -0.1) is 0 Å². The highest BCUT2D eigenvalue weighted by Crippen LogP contribution is 2.29. The van der Waals surface area contributed by atoms with Crippen LogP contribution in [-0.4, -0.2) is 14.9 Å². The van der Waals surface area contributed by atoms with E-state index in [0.717, 1.165) is 40.0 Å². The van der Waals surface area contributed by atoms with Gasteiger partial charge in [0.05, 0.1) is 22.5 Å². The Morgan fingerprint density at radius 3 is 2.67 bits per heavy atom. The second-order valence-corrected chi connectivity index (χ2v) is 6.39. The lowest BCUT2D eigenvalue weighted by Crippen LogP contribution is -2.09. The highest BCUT2D eigenvalue weighted by Gasteiger charge is 2.19. The average Bonchev–Trinajstić information content (AvgIpc) is 2.75. The van der Waals surface area contributed by atoms with E-state index in [1.54, 1.807) is 0 Å². The smallest absolute Gasteiger partial charge is 0.0851 e. The van der Waals surface area contributed by atoms with Gasteiger partial charge in [-0.25, -0.2) is 0 Å². The van der Waals surface area contributed by atoms with Crippen LogP contribution in [0.15, 0.2) is 22.7 Å². The summed E-state index contributed by atoms with van der Waals surface area (Å²) in [5.41, 5.74) is 3.79. The molecule has 1 aromatic carbocycles. The summed E-state index contributed by atoms with van der Waals surface area (Å²) in [5.74, 6) is 0. The number of aliphatic hydroxyl groups excluding tert-OH is 1. The van der Waals surface area contributed by atoms with Crippen molar-refractivity contribution in [2.24, 2.45) is 0 Å². The molecule has 1 N–H and O–H groups in total. The van der Waals surface area contributed by atoms with E-state index in [2.05, 4.69) is 21.0 Å². The second-order valence-electron chi connectivity index (χ2n) is 5.10. The van der Waals surface area contributed by atoms with E-state index < -0.39 is 6.10 Å². The zero-order chi connectivity index (χ0) is 15.6. The van der Waals surface area contributed by atoms with Gasteiger partial charge < -0.3 is 5.11 Å². The summed E-state index contributed by atoms with van der Waals surface area (Å²) in [7, 11) is 0. The van der Waals surface area contributed by atoms with Crippen molar-refractivity contribution in [3.8, 4) is 0 Å². The quantitative estimate of drug-likeness (QED) is 0.842. The first-order valence-corrected chi connectivity index (χ1v) is 8.33. The predicted octanol–water partition coefficient (Wildman–Crippen LogP) is 4.47. The van der Waals surface area contributed by atoms with E-state index in [-0.39, 0.29) is 0 Å². The monoisotopic (exact) mass is 370 g/mol. The number of aliphatic hydroxyl groups is 1. The first-order valence-electron chi connectivity index (χ1n) is 7.16. The van der Waals surface area contributed by atoms with Gasteiger partial charge in [-0.05, 0) is 43.5 Å². The summed E-state index contributed by atoms with van der Waals surface area (Å²) in [6.45, 7) is 6.82. The predicted molar refractivity (Wildman–Crippen MR) is 89.8 cm³/mol. The second kappa shape index (κ2) is 6.95. The standard InChI is InChI=1S/C16H20BrClN2O/c1-4-13-16(18)14(20(5-2)19-13)9-15(21)12-7-6-11(17)8-10(12)3/h6-8,15,21H,4-5,9H2,1-3H3. The highest BCUT2D eigenvalue weighted by molar-refractivity contribution is 9.10. The molecule has 3 nitrogen and oxygen atoms in total. The fourth-order valence-electron chi connectivity index (χ4n) is 2.52. The van der Waals surface area contributed by atoms with Crippen LogP contribution in [0.3, 0.4) is 0 Å². The molecule has 2 rings (SSSR count). The number of halogens is 2. The zero-order valence-electron chi connectivity index (χ0n) is 12.5. The summed E-state index contributed by atoms with van der Waals surface area (Å²) in [4.78, 5) is 0. The van der Waals surface area contributed by atoms with E-state index >= 15 is 0 Å². The van der Waals surface area contributed by atoms with Crippen LogP contribution in [-0.2, 0) is 19.4 Å². The topological polar surface area (TPSA) is 38.0 Å². The van der Waals surface area contributed by atoms with Crippen molar-refractivity contribution in [1.82, 2.24) is 9.78 Å². The number of aromatic nitrogens is 2. The van der Waals surface area contributed by atoms with Crippen LogP contribution in [0.4, 0.5) is 0 Å². The van der Waals surface area contributed by atoms with Crippen molar-refractivity contribution in [2.75, 3.05) is 0 Å². The Hall–Kier alpha value is -0.840. The van der Waals surface area contributed by atoms with Gasteiger partial charge in [-0.1, -0.05) is 40.5 Å². The maximum atomic E-state index is 10.6. The number of hydrogen-bond donors (Lipinski definition) is 1. The van der Waals surface area contributed by atoms with Crippen LogP contribution in [0.5, 0.6) is 0 Å². The Balaban J connectivity index is 2.31. The van der Waals surface area contributed by atoms with E-state index in [1.165, 1.54) is 0 Å². The molecular weight excluding hydrogens is 352 g/mol. The third kappa shape index (κ3) is 3.50. The van der Waals surface area contributed by atoms with E-state index in [9.17, 15) is 5.11 Å². The van der Waals surface area contributed by atoms with Gasteiger partial charge in [0.25, 0.3) is 0 Å². The lowest BCUT2D eigenvalue weighted by Gasteiger charge is -2.15. The van der Waals surface area contributed by atoms with Crippen LogP contribution in [0.25, 0.3) is 0 Å². The van der Waals surface area contributed by atoms with Gasteiger partial charge >= 0.3 is 0 Å². The zero-order valence-corrected chi connectivity index (χ0v) is 14.9. The van der Waals surface area contributed by atoms with Crippen LogP contribution in [0.2, 0.25) is 5.02 Å². The first kappa shape index (κ1) is 16.5. The molecular formula is C16H20BrClN2O. The van der Waals surface area contributed by atoms with Gasteiger partial charge in [0, 0.05) is 17.4 Å². The molecule has 0 bridgehead atoms. The summed E-state index contributed by atoms with van der Waals surface area (Å²) in [6, 6.07) is 5.90. The minimum atomic E-state index is -0.581. The molecule has 0 aliphatic heterocycles. The van der Waals surface area contributed by atoms with Crippen molar-refractivity contribution in [1.29, 1.82) is 0 Å². The lowest BCUT2D eigenvalue weighted by atomic mass is 10.00. The summed E-state index contributed by atoms with van der Waals surface area (Å²) >= 11 is 9.85. The van der Waals surface area contributed by atoms with Crippen molar-refractivity contribution in [2.45, 2.75) is 46.3 Å². The van der Waals surface area contributed by atoms with Crippen LogP contribution < -0.4 is 0 Å². The maximum absolute atomic E-state index is 10.6. The molecule has 1 atom stereocenters. The molecule has 21 heavy (non-hydrogen) atoms. The Morgan fingerprint density at radius 2 is 2.10 bits per heavy atom. The molecule has 0 amide bonds. The van der Waals surface area contributed by atoms with E-state index in [4.69, 9.17) is 11.6 Å². The number of rotatable bonds is 5. The fraction of sp³-hybridized carbons (Fsp3) is 0.438. The molecule has 1 unspecified atom stereocenters. The number of benzene rings is 1. The first-order chi connectivity index (χ1) is 9.97. The molecule has 0 spiro atoms. The third-order valence-corrected chi connectivity index (χ3v) is 4.60. The molecule has 0 fully saturated rings. The van der Waals surface area contributed by atoms with E-state index in [1.807, 2.05) is 43.7 Å². The Bertz CT molecular complexity index is 639. The van der Waals surface area contributed by atoms with Gasteiger partial charge in [0.15, 0.2) is 0 Å². The molecule has 2 aromatic rings. The van der Waals surface area contributed by atoms with Crippen LogP contribution in [0, 0.1) is 6.92 Å². The molecule has 0 saturated carbocycles. The number of hydrogen-bond acceptors (Lipinski definition) is 2. The summed E-state index contributed by atoms with van der Waals surface area (Å²) < 4.78 is 2.90. The Labute approximate surface area is 139 Å². The summed E-state index contributed by atoms with van der Waals surface area (Å²) in [5, 5.41) is 15.7. The van der Waals surface area contributed by atoms with Crippen LogP contribution >= 0.6 is 27.5 Å². The highest BCUT2D eigenvalue weighted by atomic mass is 79.9. The Kier molecular flexibility index (Phi) is 5.47. The average molecular weight is 372 g/mol. The molecule has 5 heteroatoms. The molecule has 0 saturated heterocycles. The normalized spacial score (nSPS) is 12.7. The SMILES string of the molecule is CCc1nn(CC)c(CC(O)c2ccc(Br)cc2C)c1Cl. The molecule has 0 aliphatic carbocycles. The van der Waals surface area contributed by atoms with Crippen molar-refractivity contribution in [3.63, 3.8) is 0 Å². The maximum Gasteiger partial charge on any atom is 0.0851 e. The number of nitrogens with zero attached hydrogens (tertiary/aromatic N) is 2. The number of aryl methyl sites for hydroxylation is 3. The van der Waals surface area contributed by atoms with Crippen molar-refractivity contribution < 1.29 is 5.11 Å².